The van der Waals surface area contributed by atoms with Crippen molar-refractivity contribution in [3.8, 4) is 50.8 Å². The number of fused-ring (bicyclic) bond motifs is 12. The molecule has 0 saturated heterocycles. The van der Waals surface area contributed by atoms with Crippen molar-refractivity contribution in [2.45, 2.75) is 231 Å². The van der Waals surface area contributed by atoms with Gasteiger partial charge >= 0.3 is 0 Å². The van der Waals surface area contributed by atoms with Crippen molar-refractivity contribution in [3.63, 3.8) is 0 Å². The Bertz CT molecular complexity index is 5440. The summed E-state index contributed by atoms with van der Waals surface area (Å²) < 4.78 is 69.3. The maximum absolute atomic E-state index is 13.8. The number of hydrogen-bond donors (Lipinski definition) is 5. The number of carbonyl (C=O) groups excluding carboxylic acids is 4. The van der Waals surface area contributed by atoms with Crippen LogP contribution in [-0.4, -0.2) is 68.6 Å². The van der Waals surface area contributed by atoms with Crippen molar-refractivity contribution in [2.24, 2.45) is 23.7 Å². The van der Waals surface area contributed by atoms with Crippen molar-refractivity contribution in [1.82, 2.24) is 39.9 Å². The number of amides is 4. The number of anilines is 4. The van der Waals surface area contributed by atoms with Gasteiger partial charge in [0.25, 0.3) is 0 Å². The van der Waals surface area contributed by atoms with E-state index in [0.717, 1.165) is 191 Å². The van der Waals surface area contributed by atoms with Gasteiger partial charge in [-0.05, 0) is 267 Å². The van der Waals surface area contributed by atoms with Crippen LogP contribution in [0.2, 0.25) is 5.02 Å². The highest BCUT2D eigenvalue weighted by Crippen LogP contribution is 2.42. The monoisotopic (exact) mass is 1860 g/mol. The van der Waals surface area contributed by atoms with Crippen molar-refractivity contribution < 1.29 is 46.2 Å². The van der Waals surface area contributed by atoms with Crippen molar-refractivity contribution in [1.29, 1.82) is 0 Å². The molecule has 4 fully saturated rings. The van der Waals surface area contributed by atoms with Crippen LogP contribution in [0.1, 0.15) is 218 Å². The summed E-state index contributed by atoms with van der Waals surface area (Å²) in [6.07, 6.45) is 34.0. The summed E-state index contributed by atoms with van der Waals surface area (Å²) in [6, 6.07) is 47.2. The van der Waals surface area contributed by atoms with E-state index in [2.05, 4.69) is 37.2 Å². The average molecular weight is 1870 g/mol. The Morgan fingerprint density at radius 1 is 0.303 bits per heavy atom. The number of aromatic nitrogens is 8. The minimum Gasteiger partial charge on any atom is -0.508 e. The zero-order chi connectivity index (χ0) is 91.1. The number of nitrogens with one attached hydrogen (secondary N) is 4. The number of aromatic hydroxyl groups is 1. The molecular weight excluding hydrogens is 1760 g/mol. The number of rotatable bonds is 20. The predicted molar refractivity (Wildman–Crippen MR) is 510 cm³/mol. The topological polar surface area (TPSA) is 240 Å². The lowest BCUT2D eigenvalue weighted by Gasteiger charge is -2.24. The van der Waals surface area contributed by atoms with E-state index < -0.39 is 0 Å². The molecule has 0 atom stereocenters. The van der Waals surface area contributed by atoms with E-state index in [1.165, 1.54) is 152 Å². The number of carbonyl (C=O) groups is 4. The molecule has 4 heterocycles. The number of nitrogens with zero attached hydrogens (tertiary/aromatic N) is 8. The lowest BCUT2D eigenvalue weighted by atomic mass is 9.85. The smallest absolute Gasteiger partial charge is 0.229 e. The van der Waals surface area contributed by atoms with E-state index in [1.807, 2.05) is 42.5 Å². The molecule has 17 nitrogen and oxygen atoms in total. The van der Waals surface area contributed by atoms with Crippen molar-refractivity contribution in [3.05, 3.63) is 298 Å². The second kappa shape index (κ2) is 43.2. The first-order valence-corrected chi connectivity index (χ1v) is 48.3. The van der Waals surface area contributed by atoms with Gasteiger partial charge in [-0.3, -0.25) is 19.2 Å². The Labute approximate surface area is 780 Å². The van der Waals surface area contributed by atoms with E-state index in [0.29, 0.717) is 90.5 Å². The summed E-state index contributed by atoms with van der Waals surface area (Å²) in [7, 11) is 0. The molecule has 5 N–H and O–H groups in total. The first-order valence-electron chi connectivity index (χ1n) is 47.1. The van der Waals surface area contributed by atoms with Crippen LogP contribution in [0.3, 0.4) is 0 Å². The van der Waals surface area contributed by atoms with E-state index in [4.69, 9.17) is 51.5 Å². The fraction of sp³-hybridized carbons (Fsp3) is 0.370. The summed E-state index contributed by atoms with van der Waals surface area (Å²) >= 11 is 9.40. The van der Waals surface area contributed by atoms with E-state index in [-0.39, 0.29) is 84.1 Å². The van der Waals surface area contributed by atoms with Crippen LogP contribution in [-0.2, 0) is 122 Å². The van der Waals surface area contributed by atoms with Gasteiger partial charge in [0.2, 0.25) is 23.6 Å². The summed E-state index contributed by atoms with van der Waals surface area (Å²) in [4.78, 5) is 91.0. The van der Waals surface area contributed by atoms with Crippen LogP contribution in [0.5, 0.6) is 5.75 Å². The SMILES string of the molecule is O=C(Cc1ccc(Br)cc1)Nc1nc2c(nc1CC1CCCCC1)-c1ccc(F)cc1CC2.O=C(Cc1ccc(Cl)cc1)Nc1nc2c(nc1CC1CCCCC1)-c1ccc(F)cc1CC2.O=C(Cc1ccc(F)cc1)Nc1nc2c(nc1CC1CCCCC1)-c1ccc(F)cc1CC2.O=C(Cc1ccc(O)cc1)Nc1nc2c(nc1CC1CCCCC1)-c1ccc(F)cc1CC2. The van der Waals surface area contributed by atoms with Gasteiger partial charge in [-0.1, -0.05) is 204 Å². The molecule has 0 spiro atoms. The first-order chi connectivity index (χ1) is 64.2. The standard InChI is InChI=1S/C27H27BrFN3O.C27H27ClFN3O.C27H27F2N3O.C27H28FN3O2/c3*28-20-9-6-18(7-10-20)15-25(33)32-27-24(14-17-4-2-1-3-5-17)30-26-22-12-11-21(29)16-19(22)8-13-23(26)31-27;28-20-9-12-22-19(16-20)8-13-23-26(22)29-24(14-17-4-2-1-3-5-17)27(30-23)31-25(33)15-18-6-10-21(32)11-7-18/h3*6-7,9-12,16-17H,1-5,8,13-15H2,(H,31,32,33);6-7,9-12,16-17,32H,1-5,8,13-15H2,(H,30,31,33). The average Bonchev–Trinajstić information content (AvgIpc) is 0.782. The van der Waals surface area contributed by atoms with Gasteiger partial charge in [0.05, 0.1) is 94.0 Å². The second-order valence-electron chi connectivity index (χ2n) is 36.7. The highest BCUT2D eigenvalue weighted by molar-refractivity contribution is 9.10. The molecular formula is C108H109BrClF5N12O5. The molecule has 132 heavy (non-hydrogen) atoms. The van der Waals surface area contributed by atoms with Crippen LogP contribution in [0, 0.1) is 52.8 Å². The molecule has 8 aliphatic carbocycles. The largest absolute Gasteiger partial charge is 0.508 e. The molecule has 0 unspecified atom stereocenters. The molecule has 12 aromatic rings. The maximum atomic E-state index is 13.8. The highest BCUT2D eigenvalue weighted by Gasteiger charge is 2.32. The predicted octanol–water partition coefficient (Wildman–Crippen LogP) is 24.0. The molecule has 0 bridgehead atoms. The van der Waals surface area contributed by atoms with Crippen molar-refractivity contribution >= 4 is 74.4 Å². The van der Waals surface area contributed by atoms with Crippen LogP contribution in [0.4, 0.5) is 45.2 Å². The third-order valence-corrected chi connectivity index (χ3v) is 27.7. The zero-order valence-corrected chi connectivity index (χ0v) is 76.6. The van der Waals surface area contributed by atoms with Crippen LogP contribution in [0.25, 0.3) is 45.0 Å². The summed E-state index contributed by atoms with van der Waals surface area (Å²) in [5, 5.41) is 22.2. The van der Waals surface area contributed by atoms with E-state index in [1.54, 1.807) is 91.0 Å². The van der Waals surface area contributed by atoms with Crippen LogP contribution in [0.15, 0.2) is 174 Å². The van der Waals surface area contributed by atoms with Crippen LogP contribution >= 0.6 is 27.5 Å². The first kappa shape index (κ1) is 92.0. The number of benzene rings is 8. The molecule has 20 rings (SSSR count). The summed E-state index contributed by atoms with van der Waals surface area (Å²) in [5.41, 5.74) is 21.1. The minimum atomic E-state index is -0.324. The Hall–Kier alpha value is -11.8. The molecule has 24 heteroatoms. The van der Waals surface area contributed by atoms with Gasteiger partial charge in [0.15, 0.2) is 23.3 Å². The molecule has 0 aliphatic heterocycles. The van der Waals surface area contributed by atoms with Gasteiger partial charge in [-0.2, -0.15) is 0 Å². The molecule has 4 amide bonds. The third-order valence-electron chi connectivity index (χ3n) is 27.0. The number of aryl methyl sites for hydroxylation is 8. The van der Waals surface area contributed by atoms with Gasteiger partial charge in [-0.25, -0.2) is 61.8 Å². The Morgan fingerprint density at radius 3 is 0.803 bits per heavy atom. The molecule has 680 valence electrons. The number of hydrogen-bond acceptors (Lipinski definition) is 13. The Kier molecular flexibility index (Phi) is 30.2. The third kappa shape index (κ3) is 24.0. The molecule has 4 aromatic heterocycles. The number of phenols is 1. The van der Waals surface area contributed by atoms with Gasteiger partial charge in [0, 0.05) is 31.7 Å². The fourth-order valence-electron chi connectivity index (χ4n) is 20.1. The summed E-state index contributed by atoms with van der Waals surface area (Å²) in [6.45, 7) is 0. The normalized spacial score (nSPS) is 15.6. The number of halogens is 7. The zero-order valence-electron chi connectivity index (χ0n) is 74.2. The lowest BCUT2D eigenvalue weighted by molar-refractivity contribution is -0.116. The molecule has 0 radical (unpaired) electrons. The highest BCUT2D eigenvalue weighted by atomic mass is 79.9. The Morgan fingerprint density at radius 2 is 0.538 bits per heavy atom. The van der Waals surface area contributed by atoms with E-state index >= 15 is 0 Å². The van der Waals surface area contributed by atoms with Gasteiger partial charge < -0.3 is 26.4 Å². The van der Waals surface area contributed by atoms with Gasteiger partial charge in [-0.15, -0.1) is 0 Å². The van der Waals surface area contributed by atoms with E-state index in [9.17, 15) is 46.2 Å². The van der Waals surface area contributed by atoms with Crippen molar-refractivity contribution in [2.75, 3.05) is 21.3 Å². The molecule has 8 aromatic carbocycles. The van der Waals surface area contributed by atoms with Gasteiger partial charge in [0.1, 0.15) is 34.8 Å². The quantitative estimate of drug-likeness (QED) is 0.0447. The lowest BCUT2D eigenvalue weighted by Crippen LogP contribution is -2.21. The second-order valence-corrected chi connectivity index (χ2v) is 38.1. The van der Waals surface area contributed by atoms with Crippen LogP contribution < -0.4 is 21.3 Å². The molecule has 8 aliphatic rings. The minimum absolute atomic E-state index is 0.0882. The molecule has 4 saturated carbocycles. The number of phenolic OH excluding ortho intramolecular Hbond substituents is 1. The summed E-state index contributed by atoms with van der Waals surface area (Å²) in [5.74, 6) is 2.79. The maximum Gasteiger partial charge on any atom is 0.229 e. The fourth-order valence-corrected chi connectivity index (χ4v) is 20.5. The Balaban J connectivity index is 0.000000123.